The highest BCUT2D eigenvalue weighted by Gasteiger charge is 2.40. The molecule has 0 bridgehead atoms. The lowest BCUT2D eigenvalue weighted by molar-refractivity contribution is -0.179. The Morgan fingerprint density at radius 3 is 2.72 bits per heavy atom. The molecule has 1 atom stereocenters. The van der Waals surface area contributed by atoms with Crippen molar-refractivity contribution in [3.05, 3.63) is 9.98 Å². The molecule has 102 valence electrons. The van der Waals surface area contributed by atoms with E-state index < -0.39 is 24.4 Å². The molecule has 1 aromatic rings. The molecule has 0 fully saturated rings. The first-order chi connectivity index (χ1) is 8.32. The minimum absolute atomic E-state index is 0.111. The molecule has 1 aromatic heterocycles. The highest BCUT2D eigenvalue weighted by Crippen LogP contribution is 2.31. The predicted octanol–water partition coefficient (Wildman–Crippen LogP) is 2.76. The van der Waals surface area contributed by atoms with E-state index in [0.29, 0.717) is 3.79 Å². The maximum atomic E-state index is 12.6. The molecule has 4 nitrogen and oxygen atoms in total. The van der Waals surface area contributed by atoms with Crippen molar-refractivity contribution in [3.63, 3.8) is 0 Å². The van der Waals surface area contributed by atoms with Crippen LogP contribution in [0.1, 0.15) is 12.8 Å². The van der Waals surface area contributed by atoms with Crippen LogP contribution >= 0.6 is 27.3 Å². The van der Waals surface area contributed by atoms with Crippen molar-refractivity contribution in [2.45, 2.75) is 19.0 Å². The first kappa shape index (κ1) is 15.4. The molecule has 1 heterocycles. The number of halogens is 4. The zero-order chi connectivity index (χ0) is 13.8. The Morgan fingerprint density at radius 2 is 2.28 bits per heavy atom. The predicted molar refractivity (Wildman–Crippen MR) is 66.3 cm³/mol. The van der Waals surface area contributed by atoms with Gasteiger partial charge in [-0.1, -0.05) is 11.3 Å². The van der Waals surface area contributed by atoms with E-state index in [4.69, 9.17) is 5.73 Å². The molecule has 0 saturated heterocycles. The van der Waals surface area contributed by atoms with Crippen LogP contribution in [0.4, 0.5) is 18.3 Å². The van der Waals surface area contributed by atoms with Crippen LogP contribution in [0, 0.1) is 5.92 Å². The summed E-state index contributed by atoms with van der Waals surface area (Å²) in [4.78, 5) is 15.3. The summed E-state index contributed by atoms with van der Waals surface area (Å²) in [5, 5.41) is 2.59. The SMILES string of the molecule is NCCC(CC(=O)Nc1ncc(Br)s1)C(F)(F)F. The number of nitrogens with zero attached hydrogens (tertiary/aromatic N) is 1. The van der Waals surface area contributed by atoms with Gasteiger partial charge < -0.3 is 11.1 Å². The Bertz CT molecular complexity index is 410. The molecule has 0 aliphatic rings. The van der Waals surface area contributed by atoms with Gasteiger partial charge in [-0.3, -0.25) is 4.79 Å². The third-order valence-corrected chi connectivity index (χ3v) is 3.53. The molecular weight excluding hydrogens is 335 g/mol. The lowest BCUT2D eigenvalue weighted by Crippen LogP contribution is -2.29. The number of nitrogens with two attached hydrogens (primary N) is 1. The van der Waals surface area contributed by atoms with Gasteiger partial charge in [0, 0.05) is 6.42 Å². The smallest absolute Gasteiger partial charge is 0.330 e. The third kappa shape index (κ3) is 4.91. The molecule has 18 heavy (non-hydrogen) atoms. The number of carbonyl (C=O) groups is 1. The summed E-state index contributed by atoms with van der Waals surface area (Å²) in [6, 6.07) is 0. The second-order valence-electron chi connectivity index (χ2n) is 3.54. The van der Waals surface area contributed by atoms with Crippen LogP contribution in [0.5, 0.6) is 0 Å². The van der Waals surface area contributed by atoms with Gasteiger partial charge in [0.05, 0.1) is 15.9 Å². The molecule has 9 heteroatoms. The maximum Gasteiger partial charge on any atom is 0.392 e. The topological polar surface area (TPSA) is 68.0 Å². The Kier molecular flexibility index (Phi) is 5.54. The van der Waals surface area contributed by atoms with E-state index in [1.54, 1.807) is 0 Å². The lowest BCUT2D eigenvalue weighted by Gasteiger charge is -2.18. The van der Waals surface area contributed by atoms with Gasteiger partial charge in [-0.2, -0.15) is 13.2 Å². The van der Waals surface area contributed by atoms with Gasteiger partial charge in [-0.25, -0.2) is 4.98 Å². The van der Waals surface area contributed by atoms with Crippen LogP contribution in [0.2, 0.25) is 0 Å². The van der Waals surface area contributed by atoms with Gasteiger partial charge >= 0.3 is 6.18 Å². The van der Waals surface area contributed by atoms with Crippen molar-refractivity contribution in [1.29, 1.82) is 0 Å². The average molecular weight is 346 g/mol. The largest absolute Gasteiger partial charge is 0.392 e. The fourth-order valence-corrected chi connectivity index (χ4v) is 2.41. The summed E-state index contributed by atoms with van der Waals surface area (Å²) in [6.45, 7) is -0.111. The first-order valence-corrected chi connectivity index (χ1v) is 6.62. The van der Waals surface area contributed by atoms with Crippen molar-refractivity contribution in [3.8, 4) is 0 Å². The van der Waals surface area contributed by atoms with Crippen molar-refractivity contribution in [2.75, 3.05) is 11.9 Å². The van der Waals surface area contributed by atoms with E-state index in [2.05, 4.69) is 26.2 Å². The lowest BCUT2D eigenvalue weighted by atomic mass is 10.0. The van der Waals surface area contributed by atoms with Crippen LogP contribution in [0.15, 0.2) is 9.98 Å². The number of carbonyl (C=O) groups excluding carboxylic acids is 1. The van der Waals surface area contributed by atoms with Crippen molar-refractivity contribution >= 4 is 38.3 Å². The number of alkyl halides is 3. The molecule has 3 N–H and O–H groups in total. The van der Waals surface area contributed by atoms with E-state index >= 15 is 0 Å². The normalized spacial score (nSPS) is 13.4. The number of hydrogen-bond acceptors (Lipinski definition) is 4. The summed E-state index contributed by atoms with van der Waals surface area (Å²) in [7, 11) is 0. The van der Waals surface area contributed by atoms with Crippen molar-refractivity contribution in [2.24, 2.45) is 11.7 Å². The van der Waals surface area contributed by atoms with Crippen LogP contribution < -0.4 is 11.1 Å². The summed E-state index contributed by atoms with van der Waals surface area (Å²) < 4.78 is 38.3. The Morgan fingerprint density at radius 1 is 1.61 bits per heavy atom. The quantitative estimate of drug-likeness (QED) is 0.862. The van der Waals surface area contributed by atoms with Gasteiger partial charge in [0.1, 0.15) is 0 Å². The highest BCUT2D eigenvalue weighted by atomic mass is 79.9. The van der Waals surface area contributed by atoms with Gasteiger partial charge in [-0.05, 0) is 28.9 Å². The van der Waals surface area contributed by atoms with Crippen LogP contribution in [0.25, 0.3) is 0 Å². The van der Waals surface area contributed by atoms with Crippen LogP contribution in [-0.2, 0) is 4.79 Å². The molecule has 0 spiro atoms. The van der Waals surface area contributed by atoms with E-state index in [1.807, 2.05) is 0 Å². The van der Waals surface area contributed by atoms with Crippen LogP contribution in [0.3, 0.4) is 0 Å². The number of aromatic nitrogens is 1. The standard InChI is InChI=1S/C9H11BrF3N3OS/c10-6-4-15-8(18-6)16-7(17)3-5(1-2-14)9(11,12)13/h4-5H,1-3,14H2,(H,15,16,17). The molecule has 0 aliphatic heterocycles. The zero-order valence-electron chi connectivity index (χ0n) is 9.13. The van der Waals surface area contributed by atoms with E-state index in [9.17, 15) is 18.0 Å². The van der Waals surface area contributed by atoms with Crippen molar-refractivity contribution < 1.29 is 18.0 Å². The summed E-state index contributed by atoms with van der Waals surface area (Å²) >= 11 is 4.27. The van der Waals surface area contributed by atoms with Crippen LogP contribution in [-0.4, -0.2) is 23.6 Å². The highest BCUT2D eigenvalue weighted by molar-refractivity contribution is 9.11. The minimum Gasteiger partial charge on any atom is -0.330 e. The Labute approximate surface area is 114 Å². The summed E-state index contributed by atoms with van der Waals surface area (Å²) in [5.74, 6) is -2.43. The second kappa shape index (κ2) is 6.48. The number of thiazole rings is 1. The molecule has 0 saturated carbocycles. The number of rotatable bonds is 5. The summed E-state index contributed by atoms with van der Waals surface area (Å²) in [6.07, 6.45) is -3.86. The number of hydrogen-bond donors (Lipinski definition) is 2. The average Bonchev–Trinajstić information content (AvgIpc) is 2.62. The number of anilines is 1. The molecule has 1 rings (SSSR count). The first-order valence-electron chi connectivity index (χ1n) is 5.01. The molecule has 1 unspecified atom stereocenters. The third-order valence-electron chi connectivity index (χ3n) is 2.13. The molecule has 0 radical (unpaired) electrons. The number of amides is 1. The fourth-order valence-electron chi connectivity index (χ4n) is 1.29. The van der Waals surface area contributed by atoms with E-state index in [1.165, 1.54) is 6.20 Å². The monoisotopic (exact) mass is 345 g/mol. The van der Waals surface area contributed by atoms with Gasteiger partial charge in [0.25, 0.3) is 0 Å². The summed E-state index contributed by atoms with van der Waals surface area (Å²) in [5.41, 5.74) is 5.11. The molecule has 1 amide bonds. The van der Waals surface area contributed by atoms with E-state index in [0.717, 1.165) is 11.3 Å². The fraction of sp³-hybridized carbons (Fsp3) is 0.556. The molecular formula is C9H11BrF3N3OS. The molecule has 0 aliphatic carbocycles. The minimum atomic E-state index is -4.42. The Balaban J connectivity index is 2.56. The van der Waals surface area contributed by atoms with Gasteiger partial charge in [0.2, 0.25) is 5.91 Å². The number of nitrogens with one attached hydrogen (secondary N) is 1. The maximum absolute atomic E-state index is 12.6. The molecule has 0 aromatic carbocycles. The Hall–Kier alpha value is -0.670. The van der Waals surface area contributed by atoms with Gasteiger partial charge in [-0.15, -0.1) is 0 Å². The van der Waals surface area contributed by atoms with Gasteiger partial charge in [0.15, 0.2) is 5.13 Å². The second-order valence-corrected chi connectivity index (χ2v) is 5.95. The van der Waals surface area contributed by atoms with Crippen molar-refractivity contribution in [1.82, 2.24) is 4.98 Å². The zero-order valence-corrected chi connectivity index (χ0v) is 11.5. The van der Waals surface area contributed by atoms with E-state index in [-0.39, 0.29) is 18.1 Å².